The quantitative estimate of drug-likeness (QED) is 0.433. The molecule has 0 amide bonds. The van der Waals surface area contributed by atoms with Crippen LogP contribution >= 0.6 is 15.9 Å². The molecule has 0 saturated heterocycles. The maximum atomic E-state index is 13.0. The third-order valence-corrected chi connectivity index (χ3v) is 5.48. The first-order valence-electron chi connectivity index (χ1n) is 9.00. The number of imidazole rings is 1. The smallest absolute Gasteiger partial charge is 0.343 e. The number of nitrogens with zero attached hydrogens (tertiary/aromatic N) is 2. The van der Waals surface area contributed by atoms with E-state index in [1.807, 2.05) is 0 Å². The van der Waals surface area contributed by atoms with Crippen LogP contribution in [-0.4, -0.2) is 33.5 Å². The summed E-state index contributed by atoms with van der Waals surface area (Å²) in [6.45, 7) is 0. The van der Waals surface area contributed by atoms with Crippen LogP contribution in [0.2, 0.25) is 0 Å². The lowest BCUT2D eigenvalue weighted by Crippen LogP contribution is -2.43. The van der Waals surface area contributed by atoms with E-state index in [2.05, 4.69) is 20.9 Å². The van der Waals surface area contributed by atoms with Gasteiger partial charge in [-0.2, -0.15) is 0 Å². The number of Topliss-reactive ketones (excluding diaryl/α,β-unsaturated/α-hetero) is 1. The number of ether oxygens (including phenoxy) is 1. The van der Waals surface area contributed by atoms with Crippen molar-refractivity contribution in [3.8, 4) is 0 Å². The number of benzene rings is 2. The van der Waals surface area contributed by atoms with Gasteiger partial charge in [0.25, 0.3) is 0 Å². The van der Waals surface area contributed by atoms with Crippen LogP contribution in [0.1, 0.15) is 34.1 Å². The molecular formula is C22H21BrN2O4. The van der Waals surface area contributed by atoms with Crippen molar-refractivity contribution < 1.29 is 19.4 Å². The van der Waals surface area contributed by atoms with E-state index in [-0.39, 0.29) is 18.0 Å². The summed E-state index contributed by atoms with van der Waals surface area (Å²) in [5.74, 6) is -1.74. The Labute approximate surface area is 177 Å². The number of methoxy groups -OCH3 is 1. The van der Waals surface area contributed by atoms with Gasteiger partial charge < -0.3 is 14.4 Å². The highest BCUT2D eigenvalue weighted by Gasteiger charge is 2.48. The first-order valence-corrected chi connectivity index (χ1v) is 9.79. The van der Waals surface area contributed by atoms with Gasteiger partial charge in [-0.25, -0.2) is 9.78 Å². The SMILES string of the molecule is COC(=O)[C@](O)(c1ccccc1)[C@@H](CC(=O)c1nccn1C)c1ccc(Br)cc1. The van der Waals surface area contributed by atoms with E-state index in [1.54, 1.807) is 72.4 Å². The van der Waals surface area contributed by atoms with Gasteiger partial charge in [0.2, 0.25) is 0 Å². The summed E-state index contributed by atoms with van der Waals surface area (Å²) in [6, 6.07) is 15.7. The summed E-state index contributed by atoms with van der Waals surface area (Å²) in [4.78, 5) is 30.0. The molecule has 6 nitrogen and oxygen atoms in total. The molecule has 0 fully saturated rings. The van der Waals surface area contributed by atoms with Crippen molar-refractivity contribution in [1.29, 1.82) is 0 Å². The van der Waals surface area contributed by atoms with Gasteiger partial charge in [0.05, 0.1) is 7.11 Å². The average Bonchev–Trinajstić information content (AvgIpc) is 3.18. The Balaban J connectivity index is 2.14. The van der Waals surface area contributed by atoms with E-state index in [1.165, 1.54) is 13.3 Å². The summed E-state index contributed by atoms with van der Waals surface area (Å²) in [5, 5.41) is 11.7. The fourth-order valence-electron chi connectivity index (χ4n) is 3.42. The molecule has 0 aliphatic rings. The molecule has 2 atom stereocenters. The van der Waals surface area contributed by atoms with Crippen LogP contribution in [0.5, 0.6) is 0 Å². The summed E-state index contributed by atoms with van der Waals surface area (Å²) >= 11 is 3.39. The fraction of sp³-hybridized carbons (Fsp3) is 0.227. The molecule has 29 heavy (non-hydrogen) atoms. The van der Waals surface area contributed by atoms with E-state index in [0.717, 1.165) is 4.47 Å². The highest BCUT2D eigenvalue weighted by molar-refractivity contribution is 9.10. The summed E-state index contributed by atoms with van der Waals surface area (Å²) in [5.41, 5.74) is -1.06. The van der Waals surface area contributed by atoms with Gasteiger partial charge in [0.15, 0.2) is 17.2 Å². The molecule has 150 valence electrons. The lowest BCUT2D eigenvalue weighted by molar-refractivity contribution is -0.166. The molecular weight excluding hydrogens is 436 g/mol. The number of aliphatic hydroxyl groups is 1. The maximum absolute atomic E-state index is 13.0. The Morgan fingerprint density at radius 2 is 1.83 bits per heavy atom. The number of rotatable bonds is 7. The van der Waals surface area contributed by atoms with E-state index >= 15 is 0 Å². The zero-order valence-corrected chi connectivity index (χ0v) is 17.7. The van der Waals surface area contributed by atoms with Gasteiger partial charge in [-0.15, -0.1) is 0 Å². The molecule has 0 unspecified atom stereocenters. The molecule has 3 aromatic rings. The number of aromatic nitrogens is 2. The van der Waals surface area contributed by atoms with Gasteiger partial charge in [-0.1, -0.05) is 58.4 Å². The van der Waals surface area contributed by atoms with Crippen molar-refractivity contribution in [1.82, 2.24) is 9.55 Å². The lowest BCUT2D eigenvalue weighted by atomic mass is 9.74. The van der Waals surface area contributed by atoms with Gasteiger partial charge in [-0.05, 0) is 23.3 Å². The van der Waals surface area contributed by atoms with E-state index in [9.17, 15) is 14.7 Å². The lowest BCUT2D eigenvalue weighted by Gasteiger charge is -2.34. The number of aryl methyl sites for hydroxylation is 1. The molecule has 1 N–H and O–H groups in total. The molecule has 0 radical (unpaired) electrons. The predicted molar refractivity (Wildman–Crippen MR) is 111 cm³/mol. The minimum atomic E-state index is -2.05. The number of hydrogen-bond acceptors (Lipinski definition) is 5. The number of ketones is 1. The number of halogens is 1. The Hall–Kier alpha value is -2.77. The van der Waals surface area contributed by atoms with Crippen LogP contribution in [0.4, 0.5) is 0 Å². The molecule has 0 spiro atoms. The monoisotopic (exact) mass is 456 g/mol. The second kappa shape index (κ2) is 8.71. The van der Waals surface area contributed by atoms with E-state index in [4.69, 9.17) is 4.74 Å². The normalized spacial score (nSPS) is 14.1. The average molecular weight is 457 g/mol. The van der Waals surface area contributed by atoms with Crippen molar-refractivity contribution in [3.63, 3.8) is 0 Å². The van der Waals surface area contributed by atoms with Gasteiger partial charge in [0.1, 0.15) is 0 Å². The van der Waals surface area contributed by atoms with Gasteiger partial charge >= 0.3 is 5.97 Å². The van der Waals surface area contributed by atoms with Crippen LogP contribution in [0.15, 0.2) is 71.5 Å². The Bertz CT molecular complexity index is 1000. The molecule has 0 aliphatic heterocycles. The first-order chi connectivity index (χ1) is 13.9. The molecule has 3 rings (SSSR count). The van der Waals surface area contributed by atoms with E-state index in [0.29, 0.717) is 11.1 Å². The number of carbonyl (C=O) groups excluding carboxylic acids is 2. The molecule has 1 aromatic heterocycles. The molecule has 2 aromatic carbocycles. The van der Waals surface area contributed by atoms with Crippen molar-refractivity contribution in [3.05, 3.63) is 88.4 Å². The second-order valence-electron chi connectivity index (χ2n) is 6.72. The fourth-order valence-corrected chi connectivity index (χ4v) is 3.69. The van der Waals surface area contributed by atoms with Gasteiger partial charge in [0, 0.05) is 36.3 Å². The summed E-state index contributed by atoms with van der Waals surface area (Å²) < 4.78 is 7.42. The second-order valence-corrected chi connectivity index (χ2v) is 7.63. The molecule has 0 aliphatic carbocycles. The first kappa shape index (κ1) is 21.0. The Morgan fingerprint density at radius 1 is 1.17 bits per heavy atom. The standard InChI is InChI=1S/C22H21BrN2O4/c1-25-13-12-24-20(25)19(26)14-18(15-8-10-17(23)11-9-15)22(28,21(27)29-2)16-6-4-3-5-7-16/h3-13,18,28H,14H2,1-2H3/t18-,22-/m0/s1. The number of carbonyl (C=O) groups is 2. The highest BCUT2D eigenvalue weighted by atomic mass is 79.9. The van der Waals surface area contributed by atoms with Crippen LogP contribution in [0.25, 0.3) is 0 Å². The van der Waals surface area contributed by atoms with Crippen molar-refractivity contribution in [2.75, 3.05) is 7.11 Å². The molecule has 0 bridgehead atoms. The van der Waals surface area contributed by atoms with Gasteiger partial charge in [-0.3, -0.25) is 4.79 Å². The zero-order chi connectivity index (χ0) is 21.0. The van der Waals surface area contributed by atoms with Crippen LogP contribution < -0.4 is 0 Å². The predicted octanol–water partition coefficient (Wildman–Crippen LogP) is 3.60. The molecule has 1 heterocycles. The molecule has 7 heteroatoms. The van der Waals surface area contributed by atoms with Crippen LogP contribution in [-0.2, 0) is 22.2 Å². The van der Waals surface area contributed by atoms with Crippen LogP contribution in [0, 0.1) is 0 Å². The van der Waals surface area contributed by atoms with Crippen molar-refractivity contribution in [2.24, 2.45) is 7.05 Å². The number of esters is 1. The zero-order valence-electron chi connectivity index (χ0n) is 16.1. The summed E-state index contributed by atoms with van der Waals surface area (Å²) in [7, 11) is 2.94. The Kier molecular flexibility index (Phi) is 6.30. The van der Waals surface area contributed by atoms with E-state index < -0.39 is 17.5 Å². The minimum Gasteiger partial charge on any atom is -0.467 e. The summed E-state index contributed by atoms with van der Waals surface area (Å²) in [6.07, 6.45) is 3.07. The van der Waals surface area contributed by atoms with Crippen LogP contribution in [0.3, 0.4) is 0 Å². The Morgan fingerprint density at radius 3 is 2.38 bits per heavy atom. The maximum Gasteiger partial charge on any atom is 0.343 e. The van der Waals surface area contributed by atoms with Crippen molar-refractivity contribution >= 4 is 27.7 Å². The largest absolute Gasteiger partial charge is 0.467 e. The minimum absolute atomic E-state index is 0.132. The highest BCUT2D eigenvalue weighted by Crippen LogP contribution is 2.41. The third-order valence-electron chi connectivity index (χ3n) is 4.95. The van der Waals surface area contributed by atoms with Crippen molar-refractivity contribution in [2.45, 2.75) is 17.9 Å². The number of hydrogen-bond donors (Lipinski definition) is 1. The third kappa shape index (κ3) is 4.16. The molecule has 0 saturated carbocycles. The topological polar surface area (TPSA) is 81.4 Å².